The topological polar surface area (TPSA) is 61.6 Å². The van der Waals surface area contributed by atoms with Gasteiger partial charge in [0.2, 0.25) is 6.35 Å². The van der Waals surface area contributed by atoms with Crippen LogP contribution in [0.25, 0.3) is 0 Å². The van der Waals surface area contributed by atoms with Gasteiger partial charge >= 0.3 is 0 Å². The Morgan fingerprint density at radius 3 is 2.75 bits per heavy atom. The highest BCUT2D eigenvalue weighted by Crippen LogP contribution is 2.26. The number of nitrogens with zero attached hydrogens (tertiary/aromatic N) is 4. The highest BCUT2D eigenvalue weighted by molar-refractivity contribution is 5.99. The molecule has 1 unspecified atom stereocenters. The molecule has 0 fully saturated rings. The Morgan fingerprint density at radius 2 is 2.12 bits per heavy atom. The van der Waals surface area contributed by atoms with Crippen molar-refractivity contribution < 1.29 is 9.90 Å². The number of hydrogen-bond acceptors (Lipinski definition) is 4. The Labute approximate surface area is 94.1 Å². The molecule has 1 aromatic rings. The fourth-order valence-electron chi connectivity index (χ4n) is 1.90. The third-order valence-electron chi connectivity index (χ3n) is 2.83. The largest absolute Gasteiger partial charge is 0.356 e. The summed E-state index contributed by atoms with van der Waals surface area (Å²) in [5, 5.41) is 9.78. The molecule has 6 heteroatoms. The van der Waals surface area contributed by atoms with E-state index < -0.39 is 6.35 Å². The Balaban J connectivity index is 2.48. The summed E-state index contributed by atoms with van der Waals surface area (Å²) in [5.74, 6) is 0.357. The van der Waals surface area contributed by atoms with Crippen LogP contribution < -0.4 is 4.90 Å². The second-order valence-corrected chi connectivity index (χ2v) is 3.98. The average Bonchev–Trinajstić information content (AvgIpc) is 2.68. The number of rotatable bonds is 2. The van der Waals surface area contributed by atoms with E-state index in [1.165, 1.54) is 4.90 Å². The number of carbonyl (C=O) groups is 1. The van der Waals surface area contributed by atoms with E-state index in [2.05, 4.69) is 4.98 Å². The van der Waals surface area contributed by atoms with Gasteiger partial charge in [0.05, 0.1) is 6.33 Å². The van der Waals surface area contributed by atoms with E-state index in [0.717, 1.165) is 13.0 Å². The highest BCUT2D eigenvalue weighted by Gasteiger charge is 2.35. The van der Waals surface area contributed by atoms with Crippen molar-refractivity contribution in [2.45, 2.75) is 26.2 Å². The van der Waals surface area contributed by atoms with Gasteiger partial charge in [-0.15, -0.1) is 0 Å². The number of amides is 1. The molecule has 0 bridgehead atoms. The first-order valence-corrected chi connectivity index (χ1v) is 5.31. The maximum Gasteiger partial charge on any atom is 0.277 e. The summed E-state index contributed by atoms with van der Waals surface area (Å²) in [7, 11) is 3.30. The predicted octanol–water partition coefficient (Wildman–Crippen LogP) is 0.0908. The smallest absolute Gasteiger partial charge is 0.277 e. The number of aryl methyl sites for hydroxylation is 1. The van der Waals surface area contributed by atoms with Crippen molar-refractivity contribution in [3.8, 4) is 0 Å². The number of anilines is 1. The minimum Gasteiger partial charge on any atom is -0.356 e. The van der Waals surface area contributed by atoms with E-state index in [-0.39, 0.29) is 5.91 Å². The second-order valence-electron chi connectivity index (χ2n) is 3.98. The van der Waals surface area contributed by atoms with Gasteiger partial charge in [0.25, 0.3) is 5.91 Å². The zero-order chi connectivity index (χ0) is 11.9. The molecule has 0 aromatic carbocycles. The van der Waals surface area contributed by atoms with E-state index in [0.29, 0.717) is 11.5 Å². The molecule has 1 amide bonds. The monoisotopic (exact) mass is 224 g/mol. The van der Waals surface area contributed by atoms with Gasteiger partial charge in [-0.05, 0) is 6.42 Å². The second kappa shape index (κ2) is 3.79. The third-order valence-corrected chi connectivity index (χ3v) is 2.83. The van der Waals surface area contributed by atoms with Crippen molar-refractivity contribution in [1.29, 1.82) is 0 Å². The zero-order valence-electron chi connectivity index (χ0n) is 9.71. The van der Waals surface area contributed by atoms with E-state index in [1.54, 1.807) is 25.3 Å². The van der Waals surface area contributed by atoms with Crippen LogP contribution in [0, 0.1) is 0 Å². The van der Waals surface area contributed by atoms with Crippen molar-refractivity contribution >= 4 is 11.7 Å². The molecule has 0 saturated carbocycles. The molecule has 6 nitrogen and oxygen atoms in total. The fraction of sp³-hybridized carbons (Fsp3) is 0.600. The number of aliphatic hydroxyl groups excluding tert-OH is 1. The molecule has 1 aliphatic heterocycles. The molecule has 16 heavy (non-hydrogen) atoms. The summed E-state index contributed by atoms with van der Waals surface area (Å²) in [6.45, 7) is 2.80. The maximum atomic E-state index is 12.0. The number of hydrogen-bond donors (Lipinski definition) is 1. The molecule has 1 aliphatic rings. The minimum atomic E-state index is -0.940. The molecule has 2 rings (SSSR count). The summed E-state index contributed by atoms with van der Waals surface area (Å²) < 4.78 is 1.83. The van der Waals surface area contributed by atoms with E-state index in [1.807, 2.05) is 11.5 Å². The van der Waals surface area contributed by atoms with Crippen LogP contribution in [0.5, 0.6) is 0 Å². The Kier molecular flexibility index (Phi) is 2.59. The number of aliphatic hydroxyl groups is 1. The zero-order valence-corrected chi connectivity index (χ0v) is 9.71. The summed E-state index contributed by atoms with van der Waals surface area (Å²) in [5.41, 5.74) is 0.553. The average molecular weight is 224 g/mol. The van der Waals surface area contributed by atoms with Gasteiger partial charge in [0.1, 0.15) is 0 Å². The quantitative estimate of drug-likeness (QED) is 0.773. The van der Waals surface area contributed by atoms with Crippen LogP contribution in [-0.2, 0) is 6.54 Å². The molecule has 0 saturated heterocycles. The van der Waals surface area contributed by atoms with Gasteiger partial charge < -0.3 is 14.6 Å². The summed E-state index contributed by atoms with van der Waals surface area (Å²) in [4.78, 5) is 19.1. The van der Waals surface area contributed by atoms with Gasteiger partial charge in [-0.25, -0.2) is 4.98 Å². The standard InChI is InChI=1S/C10H16N4O2/c1-4-5-14-6-11-8-7(14)9(15)13(3)10(16)12(8)2/h6,10,16H,4-5H2,1-3H3. The van der Waals surface area contributed by atoms with Gasteiger partial charge in [-0.3, -0.25) is 9.69 Å². The molecular formula is C10H16N4O2. The van der Waals surface area contributed by atoms with Crippen LogP contribution in [0.3, 0.4) is 0 Å². The molecule has 0 spiro atoms. The van der Waals surface area contributed by atoms with Gasteiger partial charge in [0.15, 0.2) is 11.5 Å². The molecule has 0 radical (unpaired) electrons. The molecule has 1 aromatic heterocycles. The van der Waals surface area contributed by atoms with Gasteiger partial charge in [-0.1, -0.05) is 6.92 Å². The highest BCUT2D eigenvalue weighted by atomic mass is 16.3. The first-order valence-electron chi connectivity index (χ1n) is 5.31. The number of carbonyl (C=O) groups excluding carboxylic acids is 1. The minimum absolute atomic E-state index is 0.188. The van der Waals surface area contributed by atoms with Crippen molar-refractivity contribution in [2.75, 3.05) is 19.0 Å². The van der Waals surface area contributed by atoms with E-state index in [9.17, 15) is 9.90 Å². The Hall–Kier alpha value is -1.56. The van der Waals surface area contributed by atoms with Crippen LogP contribution >= 0.6 is 0 Å². The van der Waals surface area contributed by atoms with Crippen LogP contribution in [-0.4, -0.2) is 45.9 Å². The van der Waals surface area contributed by atoms with Gasteiger partial charge in [-0.2, -0.15) is 0 Å². The van der Waals surface area contributed by atoms with Crippen LogP contribution in [0.4, 0.5) is 5.82 Å². The summed E-state index contributed by atoms with van der Waals surface area (Å²) >= 11 is 0. The number of aromatic nitrogens is 2. The molecule has 0 aliphatic carbocycles. The first-order chi connectivity index (χ1) is 7.57. The lowest BCUT2D eigenvalue weighted by Crippen LogP contribution is -2.52. The molecular weight excluding hydrogens is 208 g/mol. The van der Waals surface area contributed by atoms with E-state index >= 15 is 0 Å². The lowest BCUT2D eigenvalue weighted by atomic mass is 10.3. The van der Waals surface area contributed by atoms with Crippen LogP contribution in [0.15, 0.2) is 6.33 Å². The normalized spacial score (nSPS) is 20.2. The number of imidazole rings is 1. The van der Waals surface area contributed by atoms with Crippen LogP contribution in [0.2, 0.25) is 0 Å². The Morgan fingerprint density at radius 1 is 1.44 bits per heavy atom. The van der Waals surface area contributed by atoms with Crippen LogP contribution in [0.1, 0.15) is 23.8 Å². The molecule has 88 valence electrons. The summed E-state index contributed by atoms with van der Waals surface area (Å²) in [6.07, 6.45) is 1.64. The van der Waals surface area contributed by atoms with Gasteiger partial charge in [0, 0.05) is 20.6 Å². The van der Waals surface area contributed by atoms with Crippen molar-refractivity contribution in [3.63, 3.8) is 0 Å². The molecule has 1 atom stereocenters. The number of fused-ring (bicyclic) bond motifs is 1. The molecule has 1 N–H and O–H groups in total. The fourth-order valence-corrected chi connectivity index (χ4v) is 1.90. The van der Waals surface area contributed by atoms with Crippen molar-refractivity contribution in [3.05, 3.63) is 12.0 Å². The summed E-state index contributed by atoms with van der Waals surface area (Å²) in [6, 6.07) is 0. The predicted molar refractivity (Wildman–Crippen MR) is 59.0 cm³/mol. The van der Waals surface area contributed by atoms with Crippen molar-refractivity contribution in [1.82, 2.24) is 14.5 Å². The lowest BCUT2D eigenvalue weighted by molar-refractivity contribution is 0.0152. The van der Waals surface area contributed by atoms with Crippen molar-refractivity contribution in [2.24, 2.45) is 0 Å². The molecule has 2 heterocycles. The first kappa shape index (κ1) is 10.9. The lowest BCUT2D eigenvalue weighted by Gasteiger charge is -2.36. The third kappa shape index (κ3) is 1.37. The van der Waals surface area contributed by atoms with E-state index in [4.69, 9.17) is 0 Å². The SMILES string of the molecule is CCCn1cnc2c1C(=O)N(C)C(O)N2C. The maximum absolute atomic E-state index is 12.0. The Bertz CT molecular complexity index is 415.